The van der Waals surface area contributed by atoms with E-state index < -0.39 is 5.97 Å². The second-order valence-electron chi connectivity index (χ2n) is 5.56. The second-order valence-corrected chi connectivity index (χ2v) is 5.99. The number of carbonyl (C=O) groups excluding carboxylic acids is 1. The zero-order valence-corrected chi connectivity index (χ0v) is 15.8. The molecule has 7 nitrogen and oxygen atoms in total. The summed E-state index contributed by atoms with van der Waals surface area (Å²) in [5, 5.41) is 4.31. The third kappa shape index (κ3) is 4.03. The summed E-state index contributed by atoms with van der Waals surface area (Å²) in [5.41, 5.74) is 1.43. The summed E-state index contributed by atoms with van der Waals surface area (Å²) in [6, 6.07) is 10.7. The minimum Gasteiger partial charge on any atom is -0.493 e. The molecule has 0 aliphatic carbocycles. The van der Waals surface area contributed by atoms with Crippen molar-refractivity contribution < 1.29 is 19.0 Å². The molecule has 0 atom stereocenters. The third-order valence-corrected chi connectivity index (χ3v) is 4.18. The van der Waals surface area contributed by atoms with Crippen LogP contribution in [0.2, 0.25) is 5.02 Å². The Labute approximate surface area is 161 Å². The fourth-order valence-corrected chi connectivity index (χ4v) is 2.67. The minimum absolute atomic E-state index is 0.0307. The molecule has 27 heavy (non-hydrogen) atoms. The molecule has 1 aromatic heterocycles. The highest BCUT2D eigenvalue weighted by molar-refractivity contribution is 6.30. The average Bonchev–Trinajstić information content (AvgIpc) is 2.70. The van der Waals surface area contributed by atoms with E-state index in [1.165, 1.54) is 7.11 Å². The predicted octanol–water partition coefficient (Wildman–Crippen LogP) is 3.55. The topological polar surface area (TPSA) is 82.6 Å². The van der Waals surface area contributed by atoms with E-state index >= 15 is 0 Å². The molecule has 0 spiro atoms. The molecule has 0 amide bonds. The third-order valence-electron chi connectivity index (χ3n) is 3.93. The number of benzene rings is 2. The van der Waals surface area contributed by atoms with Crippen LogP contribution in [-0.4, -0.2) is 43.8 Å². The first-order valence-corrected chi connectivity index (χ1v) is 8.44. The van der Waals surface area contributed by atoms with Gasteiger partial charge in [-0.2, -0.15) is 0 Å². The molecular formula is C19H18ClN3O4. The zero-order chi connectivity index (χ0) is 19.4. The number of esters is 1. The van der Waals surface area contributed by atoms with Crippen molar-refractivity contribution >= 4 is 34.3 Å². The number of aromatic nitrogens is 2. The number of rotatable bonds is 6. The van der Waals surface area contributed by atoms with Gasteiger partial charge in [-0.25, -0.2) is 9.97 Å². The van der Waals surface area contributed by atoms with Gasteiger partial charge in [-0.05, 0) is 30.3 Å². The second kappa shape index (κ2) is 8.09. The molecule has 140 valence electrons. The van der Waals surface area contributed by atoms with Gasteiger partial charge < -0.3 is 19.5 Å². The lowest BCUT2D eigenvalue weighted by Gasteiger charge is -2.13. The van der Waals surface area contributed by atoms with Crippen LogP contribution in [0.25, 0.3) is 22.3 Å². The molecule has 1 N–H and O–H groups in total. The Morgan fingerprint density at radius 1 is 1.04 bits per heavy atom. The molecule has 3 rings (SSSR count). The number of anilines is 1. The van der Waals surface area contributed by atoms with E-state index in [1.807, 2.05) is 12.1 Å². The van der Waals surface area contributed by atoms with Gasteiger partial charge in [0.2, 0.25) is 0 Å². The molecule has 2 aromatic carbocycles. The Bertz CT molecular complexity index is 977. The number of carbonyl (C=O) groups is 1. The smallest absolute Gasteiger partial charge is 0.325 e. The summed E-state index contributed by atoms with van der Waals surface area (Å²) < 4.78 is 15.4. The van der Waals surface area contributed by atoms with Gasteiger partial charge in [-0.1, -0.05) is 11.6 Å². The number of methoxy groups -OCH3 is 3. The number of nitrogens with one attached hydrogen (secondary N) is 1. The van der Waals surface area contributed by atoms with Crippen molar-refractivity contribution in [2.24, 2.45) is 0 Å². The monoisotopic (exact) mass is 387 g/mol. The molecule has 0 bridgehead atoms. The summed E-state index contributed by atoms with van der Waals surface area (Å²) in [5.74, 6) is 1.64. The number of fused-ring (bicyclic) bond motifs is 1. The van der Waals surface area contributed by atoms with Gasteiger partial charge in [0.15, 0.2) is 17.3 Å². The van der Waals surface area contributed by atoms with E-state index in [-0.39, 0.29) is 6.54 Å². The van der Waals surface area contributed by atoms with Crippen LogP contribution in [0.15, 0.2) is 36.4 Å². The molecule has 0 unspecified atom stereocenters. The first kappa shape index (κ1) is 18.7. The Balaban J connectivity index is 2.16. The Hall–Kier alpha value is -3.06. The zero-order valence-electron chi connectivity index (χ0n) is 15.1. The lowest BCUT2D eigenvalue weighted by atomic mass is 10.1. The van der Waals surface area contributed by atoms with Gasteiger partial charge in [0, 0.05) is 22.0 Å². The van der Waals surface area contributed by atoms with Crippen LogP contribution in [0.3, 0.4) is 0 Å². The highest BCUT2D eigenvalue weighted by Gasteiger charge is 2.15. The SMILES string of the molecule is COC(=O)CNc1nc(-c2ccc(Cl)cc2)nc2cc(OC)c(OC)cc12. The normalized spacial score (nSPS) is 10.5. The molecule has 0 aliphatic heterocycles. The number of hydrogen-bond acceptors (Lipinski definition) is 7. The molecule has 0 aliphatic rings. The van der Waals surface area contributed by atoms with Gasteiger partial charge in [0.05, 0.1) is 26.8 Å². The summed E-state index contributed by atoms with van der Waals surface area (Å²) >= 11 is 5.96. The number of hydrogen-bond donors (Lipinski definition) is 1. The van der Waals surface area contributed by atoms with Crippen molar-refractivity contribution in [1.82, 2.24) is 9.97 Å². The van der Waals surface area contributed by atoms with Crippen molar-refractivity contribution in [2.45, 2.75) is 0 Å². The summed E-state index contributed by atoms with van der Waals surface area (Å²) in [4.78, 5) is 20.7. The van der Waals surface area contributed by atoms with Crippen molar-refractivity contribution in [3.05, 3.63) is 41.4 Å². The van der Waals surface area contributed by atoms with Crippen LogP contribution in [0.5, 0.6) is 11.5 Å². The molecule has 3 aromatic rings. The number of ether oxygens (including phenoxy) is 3. The van der Waals surface area contributed by atoms with Crippen LogP contribution in [0.1, 0.15) is 0 Å². The number of nitrogens with zero attached hydrogens (tertiary/aromatic N) is 2. The average molecular weight is 388 g/mol. The van der Waals surface area contributed by atoms with E-state index in [0.29, 0.717) is 39.1 Å². The van der Waals surface area contributed by atoms with Crippen LogP contribution in [0.4, 0.5) is 5.82 Å². The Kier molecular flexibility index (Phi) is 5.61. The van der Waals surface area contributed by atoms with Gasteiger partial charge >= 0.3 is 5.97 Å². The largest absolute Gasteiger partial charge is 0.493 e. The van der Waals surface area contributed by atoms with Gasteiger partial charge in [-0.15, -0.1) is 0 Å². The molecule has 1 heterocycles. The highest BCUT2D eigenvalue weighted by atomic mass is 35.5. The van der Waals surface area contributed by atoms with Crippen LogP contribution >= 0.6 is 11.6 Å². The highest BCUT2D eigenvalue weighted by Crippen LogP contribution is 2.35. The Morgan fingerprint density at radius 2 is 1.70 bits per heavy atom. The molecule has 0 fully saturated rings. The molecule has 0 saturated carbocycles. The first-order chi connectivity index (χ1) is 13.0. The summed E-state index contributed by atoms with van der Waals surface area (Å²) in [6.07, 6.45) is 0. The summed E-state index contributed by atoms with van der Waals surface area (Å²) in [7, 11) is 4.44. The van der Waals surface area contributed by atoms with E-state index in [0.717, 1.165) is 5.56 Å². The van der Waals surface area contributed by atoms with E-state index in [9.17, 15) is 4.79 Å². The van der Waals surface area contributed by atoms with Crippen molar-refractivity contribution in [3.8, 4) is 22.9 Å². The van der Waals surface area contributed by atoms with E-state index in [1.54, 1.807) is 38.5 Å². The van der Waals surface area contributed by atoms with Gasteiger partial charge in [0.25, 0.3) is 0 Å². The predicted molar refractivity (Wildman–Crippen MR) is 104 cm³/mol. The van der Waals surface area contributed by atoms with E-state index in [4.69, 9.17) is 21.1 Å². The quantitative estimate of drug-likeness (QED) is 0.647. The van der Waals surface area contributed by atoms with Crippen molar-refractivity contribution in [1.29, 1.82) is 0 Å². The maximum Gasteiger partial charge on any atom is 0.325 e. The minimum atomic E-state index is -0.407. The summed E-state index contributed by atoms with van der Waals surface area (Å²) in [6.45, 7) is -0.0307. The van der Waals surface area contributed by atoms with Crippen LogP contribution in [0, 0.1) is 0 Å². The maximum atomic E-state index is 11.5. The van der Waals surface area contributed by atoms with Crippen LogP contribution in [-0.2, 0) is 9.53 Å². The first-order valence-electron chi connectivity index (χ1n) is 8.06. The fourth-order valence-electron chi connectivity index (χ4n) is 2.55. The molecule has 0 radical (unpaired) electrons. The lowest BCUT2D eigenvalue weighted by molar-refractivity contribution is -0.138. The lowest BCUT2D eigenvalue weighted by Crippen LogP contribution is -2.16. The van der Waals surface area contributed by atoms with Crippen molar-refractivity contribution in [3.63, 3.8) is 0 Å². The maximum absolute atomic E-state index is 11.5. The van der Waals surface area contributed by atoms with E-state index in [2.05, 4.69) is 20.0 Å². The molecule has 0 saturated heterocycles. The molecule has 8 heteroatoms. The van der Waals surface area contributed by atoms with Gasteiger partial charge in [-0.3, -0.25) is 4.79 Å². The fraction of sp³-hybridized carbons (Fsp3) is 0.211. The Morgan fingerprint density at radius 3 is 2.33 bits per heavy atom. The standard InChI is InChI=1S/C19H18ClN3O4/c1-25-15-8-13-14(9-16(15)26-2)22-18(11-4-6-12(20)7-5-11)23-19(13)21-10-17(24)27-3/h4-9H,10H2,1-3H3,(H,21,22,23). The van der Waals surface area contributed by atoms with Crippen molar-refractivity contribution in [2.75, 3.05) is 33.2 Å². The number of halogens is 1. The van der Waals surface area contributed by atoms with Gasteiger partial charge in [0.1, 0.15) is 12.4 Å². The van der Waals surface area contributed by atoms with Crippen LogP contribution < -0.4 is 14.8 Å². The molecular weight excluding hydrogens is 370 g/mol.